The molecular weight excluding hydrogens is 1300 g/mol. The van der Waals surface area contributed by atoms with E-state index in [0.717, 1.165) is 67.6 Å². The van der Waals surface area contributed by atoms with Crippen molar-refractivity contribution in [3.63, 3.8) is 0 Å². The first kappa shape index (κ1) is 91.8. The summed E-state index contributed by atoms with van der Waals surface area (Å²) in [6, 6.07) is 8.30. The summed E-state index contributed by atoms with van der Waals surface area (Å²) in [5.74, 6) is 2.47. The van der Waals surface area contributed by atoms with Crippen LogP contribution in [-0.4, -0.2) is 78.7 Å². The van der Waals surface area contributed by atoms with Crippen LogP contribution in [0.1, 0.15) is 172 Å². The van der Waals surface area contributed by atoms with Crippen LogP contribution in [0.15, 0.2) is 190 Å². The smallest absolute Gasteiger partial charge is 0.330 e. The van der Waals surface area contributed by atoms with E-state index >= 15 is 0 Å². The highest BCUT2D eigenvalue weighted by molar-refractivity contribution is 5.85. The highest BCUT2D eigenvalue weighted by Crippen LogP contribution is 2.32. The van der Waals surface area contributed by atoms with Gasteiger partial charge in [0.05, 0.1) is 54.9 Å². The second-order valence-electron chi connectivity index (χ2n) is 25.2. The van der Waals surface area contributed by atoms with Gasteiger partial charge in [-0.05, 0) is 302 Å². The fourth-order valence-corrected chi connectivity index (χ4v) is 10.3. The number of aryl methyl sites for hydroxylation is 4. The van der Waals surface area contributed by atoms with E-state index < -0.39 is 0 Å². The van der Waals surface area contributed by atoms with E-state index in [0.29, 0.717) is 26.4 Å². The number of hydrogen-bond acceptors (Lipinski definition) is 12. The van der Waals surface area contributed by atoms with Crippen LogP contribution in [0, 0.1) is 83.1 Å². The van der Waals surface area contributed by atoms with Crippen molar-refractivity contribution < 1.29 is 57.1 Å². The average molecular weight is 1420 g/mol. The summed E-state index contributed by atoms with van der Waals surface area (Å²) < 4.78 is 41.3. The SMILES string of the molecule is CCOC(=O)/C=C(C)/C=C/C=C(C)/C=C/c1c(C)cc(OC)c(C)c1C.CCOC(=O)/C=C(C)/C=C/C=C(C)/C=C/c1c(C)cc(OC)c(C)c1C.CCOC(=O)/C=C(C)/C=C/C=C(C)/C=C/c1c(C)cc(OC)c(C)c1C.CCOC(=O)/C=C(C)/C=C/C=C(C)/C=C/c1c(C)cc(OC)c(C)c1C. The van der Waals surface area contributed by atoms with E-state index in [2.05, 4.69) is 156 Å². The maximum atomic E-state index is 11.4. The fourth-order valence-electron chi connectivity index (χ4n) is 10.3. The van der Waals surface area contributed by atoms with Crippen LogP contribution in [0.2, 0.25) is 0 Å². The number of rotatable bonds is 28. The predicted molar refractivity (Wildman–Crippen MR) is 438 cm³/mol. The van der Waals surface area contributed by atoms with Gasteiger partial charge in [0.2, 0.25) is 0 Å². The first-order valence-electron chi connectivity index (χ1n) is 35.3. The number of allylic oxidation sites excluding steroid dienone is 24. The number of methoxy groups -OCH3 is 4. The maximum absolute atomic E-state index is 11.4. The lowest BCUT2D eigenvalue weighted by molar-refractivity contribution is -0.138. The summed E-state index contributed by atoms with van der Waals surface area (Å²) >= 11 is 0. The van der Waals surface area contributed by atoms with Crippen molar-refractivity contribution in [2.75, 3.05) is 54.9 Å². The number of carbonyl (C=O) groups is 4. The number of benzene rings is 4. The van der Waals surface area contributed by atoms with Gasteiger partial charge in [-0.25, -0.2) is 19.2 Å². The Morgan fingerprint density at radius 2 is 0.442 bits per heavy atom. The molecule has 4 aromatic rings. The highest BCUT2D eigenvalue weighted by atomic mass is 16.5. The molecular formula is C92H120O12. The van der Waals surface area contributed by atoms with Crippen LogP contribution in [0.5, 0.6) is 23.0 Å². The first-order chi connectivity index (χ1) is 49.2. The molecule has 0 atom stereocenters. The Kier molecular flexibility index (Phi) is 43.6. The summed E-state index contributed by atoms with van der Waals surface area (Å²) in [5, 5.41) is 0. The van der Waals surface area contributed by atoms with Gasteiger partial charge in [-0.2, -0.15) is 0 Å². The minimum Gasteiger partial charge on any atom is -0.496 e. The van der Waals surface area contributed by atoms with Crippen molar-refractivity contribution in [1.29, 1.82) is 0 Å². The Morgan fingerprint density at radius 3 is 0.596 bits per heavy atom. The Bertz CT molecular complexity index is 3570. The molecule has 0 amide bonds. The summed E-state index contributed by atoms with van der Waals surface area (Å²) in [6.07, 6.45) is 46.2. The van der Waals surface area contributed by atoms with Crippen LogP contribution >= 0.6 is 0 Å². The lowest BCUT2D eigenvalue weighted by Gasteiger charge is -2.13. The molecule has 12 nitrogen and oxygen atoms in total. The molecule has 0 aliphatic heterocycles. The van der Waals surface area contributed by atoms with E-state index in [1.807, 2.05) is 128 Å². The van der Waals surface area contributed by atoms with Crippen LogP contribution in [0.4, 0.5) is 0 Å². The minimum absolute atomic E-state index is 0.309. The zero-order chi connectivity index (χ0) is 78.8. The Labute approximate surface area is 625 Å². The molecule has 0 N–H and O–H groups in total. The van der Waals surface area contributed by atoms with E-state index in [-0.39, 0.29) is 23.9 Å². The molecule has 0 bridgehead atoms. The van der Waals surface area contributed by atoms with Gasteiger partial charge in [0, 0.05) is 24.3 Å². The van der Waals surface area contributed by atoms with Crippen molar-refractivity contribution in [3.05, 3.63) is 279 Å². The fraction of sp³-hybridized carbons (Fsp3) is 0.348. The summed E-state index contributed by atoms with van der Waals surface area (Å²) in [4.78, 5) is 45.5. The Morgan fingerprint density at radius 1 is 0.269 bits per heavy atom. The van der Waals surface area contributed by atoms with Crippen LogP contribution in [0.25, 0.3) is 24.3 Å². The number of ether oxygens (including phenoxy) is 8. The molecule has 0 saturated carbocycles. The van der Waals surface area contributed by atoms with Gasteiger partial charge in [-0.15, -0.1) is 0 Å². The third-order valence-corrected chi connectivity index (χ3v) is 16.8. The van der Waals surface area contributed by atoms with Crippen LogP contribution in [-0.2, 0) is 38.1 Å². The number of esters is 4. The monoisotopic (exact) mass is 1420 g/mol. The molecule has 0 aliphatic rings. The number of hydrogen-bond donors (Lipinski definition) is 0. The molecule has 0 radical (unpaired) electrons. The average Bonchev–Trinajstić information content (AvgIpc) is 0.841. The molecule has 560 valence electrons. The molecule has 4 aromatic carbocycles. The van der Waals surface area contributed by atoms with Gasteiger partial charge in [0.25, 0.3) is 0 Å². The van der Waals surface area contributed by atoms with Gasteiger partial charge in [-0.3, -0.25) is 0 Å². The number of carbonyl (C=O) groups excluding carboxylic acids is 4. The summed E-state index contributed by atoms with van der Waals surface area (Å²) in [5.41, 5.74) is 27.2. The summed E-state index contributed by atoms with van der Waals surface area (Å²) in [7, 11) is 6.81. The molecule has 4 rings (SSSR count). The van der Waals surface area contributed by atoms with Crippen molar-refractivity contribution in [2.24, 2.45) is 0 Å². The van der Waals surface area contributed by atoms with Crippen molar-refractivity contribution in [2.45, 2.75) is 166 Å². The zero-order valence-electron chi connectivity index (χ0n) is 67.9. The Hall–Kier alpha value is -10.2. The normalized spacial score (nSPS) is 12.9. The van der Waals surface area contributed by atoms with Crippen molar-refractivity contribution >= 4 is 48.2 Å². The van der Waals surface area contributed by atoms with Gasteiger partial charge in [-0.1, -0.05) is 144 Å². The van der Waals surface area contributed by atoms with Gasteiger partial charge in [0.15, 0.2) is 0 Å². The third-order valence-electron chi connectivity index (χ3n) is 16.8. The lowest BCUT2D eigenvalue weighted by Crippen LogP contribution is -1.99. The first-order valence-corrected chi connectivity index (χ1v) is 35.3. The molecule has 0 aliphatic carbocycles. The van der Waals surface area contributed by atoms with Crippen molar-refractivity contribution in [1.82, 2.24) is 0 Å². The second-order valence-corrected chi connectivity index (χ2v) is 25.2. The van der Waals surface area contributed by atoms with Crippen LogP contribution in [0.3, 0.4) is 0 Å². The Balaban J connectivity index is 0.000000693. The highest BCUT2D eigenvalue weighted by Gasteiger charge is 2.13. The van der Waals surface area contributed by atoms with Gasteiger partial charge < -0.3 is 37.9 Å². The van der Waals surface area contributed by atoms with E-state index in [9.17, 15) is 19.2 Å². The molecule has 0 spiro atoms. The molecule has 0 saturated heterocycles. The molecule has 0 heterocycles. The van der Waals surface area contributed by atoms with E-state index in [1.54, 1.807) is 56.1 Å². The second kappa shape index (κ2) is 49.4. The standard InChI is InChI=1S/4C23H30O3/c4*1-8-26-23(24)14-17(3)11-9-10-16(2)12-13-21-18(4)15-22(25-7)20(6)19(21)5/h4*9-15H,8H2,1-7H3/b4*11-9+,13-12+,16-10+,17-14+. The van der Waals surface area contributed by atoms with Crippen LogP contribution < -0.4 is 18.9 Å². The van der Waals surface area contributed by atoms with Crippen molar-refractivity contribution in [3.8, 4) is 23.0 Å². The topological polar surface area (TPSA) is 142 Å². The molecule has 0 unspecified atom stereocenters. The van der Waals surface area contributed by atoms with Gasteiger partial charge in [0.1, 0.15) is 23.0 Å². The molecule has 0 fully saturated rings. The predicted octanol–water partition coefficient (Wildman–Crippen LogP) is 22.6. The third kappa shape index (κ3) is 33.7. The molecule has 104 heavy (non-hydrogen) atoms. The molecule has 12 heteroatoms. The van der Waals surface area contributed by atoms with Gasteiger partial charge >= 0.3 is 23.9 Å². The summed E-state index contributed by atoms with van der Waals surface area (Å²) in [6.45, 7) is 49.6. The van der Waals surface area contributed by atoms with E-state index in [4.69, 9.17) is 37.9 Å². The quantitative estimate of drug-likeness (QED) is 0.0231. The largest absolute Gasteiger partial charge is 0.496 e. The zero-order valence-corrected chi connectivity index (χ0v) is 67.9. The molecule has 0 aromatic heterocycles. The van der Waals surface area contributed by atoms with E-state index in [1.165, 1.54) is 113 Å². The maximum Gasteiger partial charge on any atom is 0.330 e. The minimum atomic E-state index is -0.309. The lowest BCUT2D eigenvalue weighted by atomic mass is 9.96.